The van der Waals surface area contributed by atoms with Gasteiger partial charge in [-0.2, -0.15) is 0 Å². The van der Waals surface area contributed by atoms with Crippen LogP contribution in [0.15, 0.2) is 35.9 Å². The van der Waals surface area contributed by atoms with Gasteiger partial charge in [0, 0.05) is 20.0 Å². The van der Waals surface area contributed by atoms with E-state index in [0.717, 1.165) is 11.1 Å². The molecule has 150 valence electrons. The molecule has 7 nitrogen and oxygen atoms in total. The molecular formula is C22H22N2O5. The molecule has 1 aromatic rings. The molecule has 2 aliphatic carbocycles. The van der Waals surface area contributed by atoms with E-state index in [1.54, 1.807) is 18.2 Å². The number of phenolic OH excluding ortho intramolecular Hbond substituents is 1. The number of imide groups is 2. The van der Waals surface area contributed by atoms with Crippen LogP contribution in [0.4, 0.5) is 0 Å². The lowest BCUT2D eigenvalue weighted by atomic mass is 9.57. The van der Waals surface area contributed by atoms with Crippen molar-refractivity contribution in [2.45, 2.75) is 18.8 Å². The van der Waals surface area contributed by atoms with E-state index in [9.17, 15) is 24.3 Å². The number of carbonyl (C=O) groups excluding carboxylic acids is 4. The Balaban J connectivity index is 1.67. The Hall–Kier alpha value is -2.96. The van der Waals surface area contributed by atoms with Gasteiger partial charge in [-0.15, -0.1) is 0 Å². The second-order valence-corrected chi connectivity index (χ2v) is 8.59. The molecule has 0 radical (unpaired) electrons. The van der Waals surface area contributed by atoms with Crippen molar-refractivity contribution in [1.82, 2.24) is 9.80 Å². The van der Waals surface area contributed by atoms with E-state index in [1.165, 1.54) is 23.9 Å². The highest BCUT2D eigenvalue weighted by atomic mass is 16.3. The minimum Gasteiger partial charge on any atom is -0.508 e. The summed E-state index contributed by atoms with van der Waals surface area (Å²) in [6.07, 6.45) is 2.85. The first-order valence-corrected chi connectivity index (χ1v) is 9.93. The third-order valence-electron chi connectivity index (χ3n) is 7.32. The zero-order valence-corrected chi connectivity index (χ0v) is 16.2. The number of amides is 4. The smallest absolute Gasteiger partial charge is 0.233 e. The normalized spacial score (nSPS) is 36.1. The van der Waals surface area contributed by atoms with Crippen molar-refractivity contribution in [3.8, 4) is 5.75 Å². The Morgan fingerprint density at radius 2 is 1.52 bits per heavy atom. The Morgan fingerprint density at radius 1 is 0.862 bits per heavy atom. The molecule has 4 amide bonds. The average Bonchev–Trinajstić information content (AvgIpc) is 3.06. The number of phenols is 1. The molecule has 0 unspecified atom stereocenters. The predicted octanol–water partition coefficient (Wildman–Crippen LogP) is 1.29. The molecular weight excluding hydrogens is 372 g/mol. The van der Waals surface area contributed by atoms with E-state index in [0.29, 0.717) is 12.8 Å². The largest absolute Gasteiger partial charge is 0.508 e. The van der Waals surface area contributed by atoms with Gasteiger partial charge in [0.2, 0.25) is 23.6 Å². The summed E-state index contributed by atoms with van der Waals surface area (Å²) >= 11 is 0. The number of hydrogen-bond donors (Lipinski definition) is 1. The first kappa shape index (κ1) is 18.1. The van der Waals surface area contributed by atoms with Gasteiger partial charge in [0.15, 0.2) is 0 Å². The van der Waals surface area contributed by atoms with Gasteiger partial charge in [-0.25, -0.2) is 0 Å². The number of carbonyl (C=O) groups is 4. The maximum absolute atomic E-state index is 13.0. The summed E-state index contributed by atoms with van der Waals surface area (Å²) in [5.74, 6) is -3.31. The van der Waals surface area contributed by atoms with Gasteiger partial charge in [0.05, 0.1) is 23.7 Å². The van der Waals surface area contributed by atoms with Crippen LogP contribution in [0.25, 0.3) is 0 Å². The van der Waals surface area contributed by atoms with Crippen molar-refractivity contribution in [3.05, 3.63) is 41.5 Å². The molecule has 1 aromatic carbocycles. The number of benzene rings is 1. The lowest BCUT2D eigenvalue weighted by molar-refractivity contribution is -0.140. The van der Waals surface area contributed by atoms with E-state index in [4.69, 9.17) is 0 Å². The number of hydrogen-bond acceptors (Lipinski definition) is 5. The van der Waals surface area contributed by atoms with Crippen molar-refractivity contribution < 1.29 is 24.3 Å². The van der Waals surface area contributed by atoms with Gasteiger partial charge in [-0.05, 0) is 36.5 Å². The number of rotatable bonds is 1. The minimum atomic E-state index is -0.543. The topological polar surface area (TPSA) is 95.0 Å². The first-order chi connectivity index (χ1) is 13.8. The summed E-state index contributed by atoms with van der Waals surface area (Å²) in [4.78, 5) is 53.6. The van der Waals surface area contributed by atoms with Crippen LogP contribution >= 0.6 is 0 Å². The summed E-state index contributed by atoms with van der Waals surface area (Å²) in [5.41, 5.74) is 1.71. The monoisotopic (exact) mass is 394 g/mol. The predicted molar refractivity (Wildman–Crippen MR) is 101 cm³/mol. The molecule has 2 heterocycles. The minimum absolute atomic E-state index is 0.0902. The zero-order valence-electron chi connectivity index (χ0n) is 16.2. The molecule has 1 saturated carbocycles. The summed E-state index contributed by atoms with van der Waals surface area (Å²) in [7, 11) is 3.01. The molecule has 2 saturated heterocycles. The maximum Gasteiger partial charge on any atom is 0.233 e. The van der Waals surface area contributed by atoms with E-state index in [2.05, 4.69) is 0 Å². The van der Waals surface area contributed by atoms with Crippen molar-refractivity contribution >= 4 is 23.6 Å². The molecule has 1 N–H and O–H groups in total. The number of aromatic hydroxyl groups is 1. The average molecular weight is 394 g/mol. The Kier molecular flexibility index (Phi) is 3.75. The van der Waals surface area contributed by atoms with Crippen molar-refractivity contribution in [1.29, 1.82) is 0 Å². The molecule has 0 aromatic heterocycles. The van der Waals surface area contributed by atoms with Crippen LogP contribution < -0.4 is 0 Å². The number of fused-ring (bicyclic) bond motifs is 4. The fourth-order valence-corrected chi connectivity index (χ4v) is 6.00. The van der Waals surface area contributed by atoms with Crippen LogP contribution in [0.1, 0.15) is 24.3 Å². The van der Waals surface area contributed by atoms with Crippen LogP contribution in [0.2, 0.25) is 0 Å². The lowest BCUT2D eigenvalue weighted by Crippen LogP contribution is -2.42. The van der Waals surface area contributed by atoms with Gasteiger partial charge in [0.1, 0.15) is 5.75 Å². The molecule has 4 aliphatic rings. The molecule has 5 rings (SSSR count). The first-order valence-electron chi connectivity index (χ1n) is 9.93. The maximum atomic E-state index is 13.0. The third-order valence-corrected chi connectivity index (χ3v) is 7.32. The van der Waals surface area contributed by atoms with Gasteiger partial charge < -0.3 is 5.11 Å². The number of nitrogens with zero attached hydrogens (tertiary/aromatic N) is 2. The summed E-state index contributed by atoms with van der Waals surface area (Å²) in [6, 6.07) is 6.76. The summed E-state index contributed by atoms with van der Waals surface area (Å²) in [5, 5.41) is 10.0. The fraction of sp³-hybridized carbons (Fsp3) is 0.455. The third kappa shape index (κ3) is 2.30. The van der Waals surface area contributed by atoms with Crippen LogP contribution in [0.3, 0.4) is 0 Å². The molecule has 0 bridgehead atoms. The van der Waals surface area contributed by atoms with E-state index < -0.39 is 23.7 Å². The molecule has 3 fully saturated rings. The van der Waals surface area contributed by atoms with Gasteiger partial charge >= 0.3 is 0 Å². The molecule has 0 spiro atoms. The van der Waals surface area contributed by atoms with E-state index in [-0.39, 0.29) is 41.2 Å². The second-order valence-electron chi connectivity index (χ2n) is 8.59. The lowest BCUT2D eigenvalue weighted by Gasteiger charge is -2.44. The Labute approximate surface area is 168 Å². The van der Waals surface area contributed by atoms with Crippen molar-refractivity contribution in [3.63, 3.8) is 0 Å². The van der Waals surface area contributed by atoms with Crippen molar-refractivity contribution in [2.24, 2.45) is 29.6 Å². The number of allylic oxidation sites excluding steroid dienone is 2. The summed E-state index contributed by atoms with van der Waals surface area (Å²) < 4.78 is 0. The Bertz CT molecular complexity index is 999. The standard InChI is InChI=1S/C22H22N2O5/c1-23-19(26)13-7-6-12-14(17(13)21(23)28)9-15-18(22(29)24(2)20(15)27)16(12)10-4-3-5-11(25)8-10/h3-6,8,13-18,25H,7,9H2,1-2H3/t13-,14+,15+,16-,17-,18+/m0/s1. The van der Waals surface area contributed by atoms with Gasteiger partial charge in [0.25, 0.3) is 0 Å². The summed E-state index contributed by atoms with van der Waals surface area (Å²) in [6.45, 7) is 0. The van der Waals surface area contributed by atoms with Crippen molar-refractivity contribution in [2.75, 3.05) is 14.1 Å². The highest BCUT2D eigenvalue weighted by Gasteiger charge is 2.60. The van der Waals surface area contributed by atoms with Crippen LogP contribution in [0, 0.1) is 29.6 Å². The second kappa shape index (κ2) is 6.02. The molecule has 6 atom stereocenters. The van der Waals surface area contributed by atoms with Crippen LogP contribution in [-0.4, -0.2) is 52.6 Å². The van der Waals surface area contributed by atoms with Crippen LogP contribution in [0.5, 0.6) is 5.75 Å². The highest BCUT2D eigenvalue weighted by molar-refractivity contribution is 6.07. The van der Waals surface area contributed by atoms with Crippen LogP contribution in [-0.2, 0) is 19.2 Å². The zero-order chi connectivity index (χ0) is 20.6. The SMILES string of the molecule is CN1C(=O)[C@H]2[C@H](CC=C3[C@H]2C[C@H]2C(=O)N(C)C(=O)[C@H]2[C@H]3c2cccc(O)c2)C1=O. The van der Waals surface area contributed by atoms with Gasteiger partial charge in [-0.3, -0.25) is 29.0 Å². The quantitative estimate of drug-likeness (QED) is 0.572. The number of likely N-dealkylation sites (tertiary alicyclic amines) is 2. The Morgan fingerprint density at radius 3 is 2.21 bits per heavy atom. The molecule has 29 heavy (non-hydrogen) atoms. The van der Waals surface area contributed by atoms with E-state index in [1.807, 2.05) is 12.1 Å². The molecule has 7 heteroatoms. The van der Waals surface area contributed by atoms with E-state index >= 15 is 0 Å². The molecule has 2 aliphatic heterocycles. The highest BCUT2D eigenvalue weighted by Crippen LogP contribution is 2.57. The van der Waals surface area contributed by atoms with Gasteiger partial charge in [-0.1, -0.05) is 23.8 Å². The fourth-order valence-electron chi connectivity index (χ4n) is 6.00.